The molecule has 1 rings (SSSR count). The van der Waals surface area contributed by atoms with Crippen LogP contribution >= 0.6 is 0 Å². The van der Waals surface area contributed by atoms with Crippen molar-refractivity contribution in [3.63, 3.8) is 0 Å². The fourth-order valence-electron chi connectivity index (χ4n) is 2.33. The van der Waals surface area contributed by atoms with Crippen LogP contribution in [-0.4, -0.2) is 5.78 Å². The van der Waals surface area contributed by atoms with Gasteiger partial charge in [-0.2, -0.15) is 0 Å². The highest BCUT2D eigenvalue weighted by Crippen LogP contribution is 2.49. The summed E-state index contributed by atoms with van der Waals surface area (Å²) in [5, 5.41) is 0. The Morgan fingerprint density at radius 3 is 2.42 bits per heavy atom. The van der Waals surface area contributed by atoms with Crippen molar-refractivity contribution in [3.8, 4) is 0 Å². The van der Waals surface area contributed by atoms with Gasteiger partial charge in [-0.3, -0.25) is 4.79 Å². The number of Topliss-reactive ketones (excluding diaryl/α,β-unsaturated/α-hetero) is 1. The van der Waals surface area contributed by atoms with Crippen LogP contribution < -0.4 is 0 Å². The molecule has 1 saturated carbocycles. The molecule has 0 aromatic rings. The van der Waals surface area contributed by atoms with Crippen molar-refractivity contribution in [1.29, 1.82) is 0 Å². The lowest BCUT2D eigenvalue weighted by molar-refractivity contribution is -0.143. The first-order chi connectivity index (χ1) is 5.71. The van der Waals surface area contributed by atoms with Gasteiger partial charge in [0.05, 0.1) is 0 Å². The van der Waals surface area contributed by atoms with Crippen molar-refractivity contribution in [2.24, 2.45) is 11.3 Å². The molecule has 0 radical (unpaired) electrons. The molecule has 1 unspecified atom stereocenters. The normalized spacial score (nSPS) is 27.6. The molecule has 1 fully saturated rings. The van der Waals surface area contributed by atoms with Gasteiger partial charge in [-0.05, 0) is 25.7 Å². The Hall–Kier alpha value is -0.590. The summed E-state index contributed by atoms with van der Waals surface area (Å²) in [7, 11) is 0. The first kappa shape index (κ1) is 9.50. The van der Waals surface area contributed by atoms with Crippen molar-refractivity contribution in [2.45, 2.75) is 40.0 Å². The number of allylic oxidation sites excluding steroid dienone is 2. The van der Waals surface area contributed by atoms with E-state index in [1.807, 2.05) is 6.92 Å². The monoisotopic (exact) mass is 166 g/mol. The molecular formula is C11H18O. The predicted molar refractivity (Wildman–Crippen MR) is 50.9 cm³/mol. The van der Waals surface area contributed by atoms with E-state index in [1.54, 1.807) is 0 Å². The van der Waals surface area contributed by atoms with E-state index >= 15 is 0 Å². The number of ketones is 1. The SMILES string of the molecule is C/C=C/C1CC(=O)C1(CC)CC. The molecule has 0 bridgehead atoms. The van der Waals surface area contributed by atoms with Crippen LogP contribution in [0.3, 0.4) is 0 Å². The Kier molecular flexibility index (Phi) is 2.71. The highest BCUT2D eigenvalue weighted by molar-refractivity contribution is 5.92. The van der Waals surface area contributed by atoms with Crippen LogP contribution in [0.1, 0.15) is 40.0 Å². The average molecular weight is 166 g/mol. The van der Waals surface area contributed by atoms with Gasteiger partial charge in [0.15, 0.2) is 0 Å². The van der Waals surface area contributed by atoms with Crippen LogP contribution in [0.2, 0.25) is 0 Å². The van der Waals surface area contributed by atoms with Gasteiger partial charge >= 0.3 is 0 Å². The van der Waals surface area contributed by atoms with E-state index in [0.29, 0.717) is 11.7 Å². The van der Waals surface area contributed by atoms with E-state index in [2.05, 4.69) is 26.0 Å². The Labute approximate surface area is 74.9 Å². The van der Waals surface area contributed by atoms with Gasteiger partial charge in [-0.1, -0.05) is 26.0 Å². The molecular weight excluding hydrogens is 148 g/mol. The van der Waals surface area contributed by atoms with Crippen LogP contribution in [0.15, 0.2) is 12.2 Å². The first-order valence-corrected chi connectivity index (χ1v) is 4.87. The summed E-state index contributed by atoms with van der Waals surface area (Å²) in [6.45, 7) is 6.27. The van der Waals surface area contributed by atoms with E-state index in [1.165, 1.54) is 0 Å². The molecule has 1 atom stereocenters. The number of carbonyl (C=O) groups is 1. The van der Waals surface area contributed by atoms with Gasteiger partial charge in [0.2, 0.25) is 0 Å². The zero-order valence-electron chi connectivity index (χ0n) is 8.26. The molecule has 0 amide bonds. The fraction of sp³-hybridized carbons (Fsp3) is 0.727. The zero-order chi connectivity index (χ0) is 9.19. The third-order valence-corrected chi connectivity index (χ3v) is 3.36. The van der Waals surface area contributed by atoms with E-state index in [4.69, 9.17) is 0 Å². The summed E-state index contributed by atoms with van der Waals surface area (Å²) in [4.78, 5) is 11.5. The smallest absolute Gasteiger partial charge is 0.140 e. The largest absolute Gasteiger partial charge is 0.299 e. The van der Waals surface area contributed by atoms with Gasteiger partial charge in [0, 0.05) is 11.8 Å². The summed E-state index contributed by atoms with van der Waals surface area (Å²) in [6, 6.07) is 0. The Morgan fingerprint density at radius 1 is 1.50 bits per heavy atom. The summed E-state index contributed by atoms with van der Waals surface area (Å²) < 4.78 is 0. The molecule has 1 heteroatoms. The summed E-state index contributed by atoms with van der Waals surface area (Å²) in [6.07, 6.45) is 7.02. The van der Waals surface area contributed by atoms with Crippen LogP contribution in [0.5, 0.6) is 0 Å². The number of rotatable bonds is 3. The maximum Gasteiger partial charge on any atom is 0.140 e. The second-order valence-electron chi connectivity index (χ2n) is 3.62. The second kappa shape index (κ2) is 3.42. The molecule has 0 N–H and O–H groups in total. The van der Waals surface area contributed by atoms with Crippen LogP contribution in [0.4, 0.5) is 0 Å². The molecule has 1 aliphatic rings. The van der Waals surface area contributed by atoms with E-state index in [-0.39, 0.29) is 5.41 Å². The summed E-state index contributed by atoms with van der Waals surface area (Å²) in [5.41, 5.74) is 0.00646. The van der Waals surface area contributed by atoms with Gasteiger partial charge in [0.1, 0.15) is 5.78 Å². The van der Waals surface area contributed by atoms with E-state index < -0.39 is 0 Å². The van der Waals surface area contributed by atoms with E-state index in [9.17, 15) is 4.79 Å². The van der Waals surface area contributed by atoms with Gasteiger partial charge in [0.25, 0.3) is 0 Å². The molecule has 0 aromatic heterocycles. The number of carbonyl (C=O) groups excluding carboxylic acids is 1. The van der Waals surface area contributed by atoms with Crippen molar-refractivity contribution >= 4 is 5.78 Å². The first-order valence-electron chi connectivity index (χ1n) is 4.87. The topological polar surface area (TPSA) is 17.1 Å². The Balaban J connectivity index is 2.76. The minimum Gasteiger partial charge on any atom is -0.299 e. The summed E-state index contributed by atoms with van der Waals surface area (Å²) >= 11 is 0. The molecule has 0 aromatic carbocycles. The maximum atomic E-state index is 11.5. The predicted octanol–water partition coefficient (Wildman–Crippen LogP) is 2.96. The molecule has 0 heterocycles. The van der Waals surface area contributed by atoms with Gasteiger partial charge in [-0.25, -0.2) is 0 Å². The Bertz CT molecular complexity index is 199. The highest BCUT2D eigenvalue weighted by Gasteiger charge is 2.50. The quantitative estimate of drug-likeness (QED) is 0.589. The van der Waals surface area contributed by atoms with E-state index in [0.717, 1.165) is 19.3 Å². The molecule has 68 valence electrons. The van der Waals surface area contributed by atoms with Crippen LogP contribution in [0.25, 0.3) is 0 Å². The molecule has 1 nitrogen and oxygen atoms in total. The third-order valence-electron chi connectivity index (χ3n) is 3.36. The van der Waals surface area contributed by atoms with Crippen molar-refractivity contribution < 1.29 is 4.79 Å². The summed E-state index contributed by atoms with van der Waals surface area (Å²) in [5.74, 6) is 0.987. The third kappa shape index (κ3) is 1.12. The molecule has 1 aliphatic carbocycles. The van der Waals surface area contributed by atoms with Crippen molar-refractivity contribution in [3.05, 3.63) is 12.2 Å². The Morgan fingerprint density at radius 2 is 2.08 bits per heavy atom. The lowest BCUT2D eigenvalue weighted by atomic mass is 9.56. The lowest BCUT2D eigenvalue weighted by Crippen LogP contribution is -2.48. The molecule has 0 spiro atoms. The maximum absolute atomic E-state index is 11.5. The fourth-order valence-corrected chi connectivity index (χ4v) is 2.33. The van der Waals surface area contributed by atoms with Crippen molar-refractivity contribution in [1.82, 2.24) is 0 Å². The van der Waals surface area contributed by atoms with Gasteiger partial charge in [-0.15, -0.1) is 0 Å². The lowest BCUT2D eigenvalue weighted by Gasteiger charge is -2.45. The molecule has 12 heavy (non-hydrogen) atoms. The van der Waals surface area contributed by atoms with Crippen LogP contribution in [-0.2, 0) is 4.79 Å². The highest BCUT2D eigenvalue weighted by atomic mass is 16.1. The number of hydrogen-bond donors (Lipinski definition) is 0. The average Bonchev–Trinajstić information content (AvgIpc) is 2.07. The minimum atomic E-state index is 0.00646. The van der Waals surface area contributed by atoms with Crippen LogP contribution in [0, 0.1) is 11.3 Å². The standard InChI is InChI=1S/C11H18O/c1-4-7-9-8-10(12)11(9,5-2)6-3/h4,7,9H,5-6,8H2,1-3H3/b7-4+. The van der Waals surface area contributed by atoms with Crippen molar-refractivity contribution in [2.75, 3.05) is 0 Å². The van der Waals surface area contributed by atoms with Gasteiger partial charge < -0.3 is 0 Å². The molecule has 0 saturated heterocycles. The minimum absolute atomic E-state index is 0.00646. The number of hydrogen-bond acceptors (Lipinski definition) is 1. The zero-order valence-corrected chi connectivity index (χ0v) is 8.26. The molecule has 0 aliphatic heterocycles. The second-order valence-corrected chi connectivity index (χ2v) is 3.62.